The molecule has 25 heavy (non-hydrogen) atoms. The van der Waals surface area contributed by atoms with Crippen LogP contribution in [0.15, 0.2) is 72.8 Å². The summed E-state index contributed by atoms with van der Waals surface area (Å²) in [6, 6.07) is 22.3. The second-order valence-corrected chi connectivity index (χ2v) is 6.20. The first-order valence-corrected chi connectivity index (χ1v) is 8.18. The van der Waals surface area contributed by atoms with E-state index in [1.807, 2.05) is 61.5 Å². The minimum Gasteiger partial charge on any atom is -0.508 e. The molecule has 0 spiro atoms. The first-order chi connectivity index (χ1) is 12.1. The molecule has 0 saturated heterocycles. The molecule has 4 heteroatoms. The number of nitrogens with zero attached hydrogens (tertiary/aromatic N) is 1. The molecule has 124 valence electrons. The quantitative estimate of drug-likeness (QED) is 0.729. The molecule has 1 unspecified atom stereocenters. The lowest BCUT2D eigenvalue weighted by Gasteiger charge is -2.38. The highest BCUT2D eigenvalue weighted by Gasteiger charge is 2.33. The van der Waals surface area contributed by atoms with E-state index >= 15 is 0 Å². The molecule has 0 saturated carbocycles. The summed E-state index contributed by atoms with van der Waals surface area (Å²) in [5.41, 5.74) is 4.20. The Morgan fingerprint density at radius 1 is 0.960 bits per heavy atom. The number of carbonyl (C=O) groups excluding carboxylic acids is 1. The van der Waals surface area contributed by atoms with Gasteiger partial charge in [0, 0.05) is 11.4 Å². The molecule has 0 fully saturated rings. The van der Waals surface area contributed by atoms with Crippen molar-refractivity contribution in [1.29, 1.82) is 0 Å². The molecule has 0 radical (unpaired) electrons. The van der Waals surface area contributed by atoms with E-state index < -0.39 is 6.17 Å². The number of carbonyl (C=O) groups is 1. The number of rotatable bonds is 2. The van der Waals surface area contributed by atoms with Gasteiger partial charge in [-0.1, -0.05) is 42.0 Å². The Morgan fingerprint density at radius 2 is 1.72 bits per heavy atom. The van der Waals surface area contributed by atoms with Crippen molar-refractivity contribution in [3.63, 3.8) is 0 Å². The van der Waals surface area contributed by atoms with E-state index in [4.69, 9.17) is 0 Å². The predicted octanol–water partition coefficient (Wildman–Crippen LogP) is 4.47. The zero-order chi connectivity index (χ0) is 17.4. The van der Waals surface area contributed by atoms with Gasteiger partial charge in [-0.15, -0.1) is 0 Å². The van der Waals surface area contributed by atoms with Crippen molar-refractivity contribution in [2.24, 2.45) is 0 Å². The molecule has 0 bridgehead atoms. The summed E-state index contributed by atoms with van der Waals surface area (Å²) in [5, 5.41) is 13.3. The maximum atomic E-state index is 13.2. The normalized spacial score (nSPS) is 16.3. The van der Waals surface area contributed by atoms with Crippen LogP contribution in [-0.4, -0.2) is 11.0 Å². The van der Waals surface area contributed by atoms with Gasteiger partial charge in [0.05, 0.1) is 5.56 Å². The van der Waals surface area contributed by atoms with Crippen LogP contribution in [0.5, 0.6) is 5.75 Å². The molecule has 4 nitrogen and oxygen atoms in total. The SMILES string of the molecule is Cc1ccc(N2C(=O)c3ccccc3NC2c2cccc(O)c2)cc1. The molecule has 0 aromatic heterocycles. The average molecular weight is 330 g/mol. The van der Waals surface area contributed by atoms with Crippen LogP contribution in [0.4, 0.5) is 11.4 Å². The molecule has 1 aliphatic heterocycles. The molecule has 2 N–H and O–H groups in total. The fourth-order valence-electron chi connectivity index (χ4n) is 3.15. The third-order valence-corrected chi connectivity index (χ3v) is 4.42. The first-order valence-electron chi connectivity index (χ1n) is 8.18. The Kier molecular flexibility index (Phi) is 3.65. The highest BCUT2D eigenvalue weighted by molar-refractivity contribution is 6.12. The Bertz CT molecular complexity index is 935. The fraction of sp³-hybridized carbons (Fsp3) is 0.0952. The Morgan fingerprint density at radius 3 is 2.48 bits per heavy atom. The van der Waals surface area contributed by atoms with Crippen molar-refractivity contribution in [3.05, 3.63) is 89.5 Å². The smallest absolute Gasteiger partial charge is 0.262 e. The molecule has 1 aliphatic rings. The molecule has 4 rings (SSSR count). The highest BCUT2D eigenvalue weighted by Crippen LogP contribution is 2.37. The summed E-state index contributed by atoms with van der Waals surface area (Å²) in [4.78, 5) is 14.9. The Hall–Kier alpha value is -3.27. The number of phenols is 1. The molecule has 1 amide bonds. The topological polar surface area (TPSA) is 52.6 Å². The Balaban J connectivity index is 1.87. The molecule has 3 aromatic rings. The van der Waals surface area contributed by atoms with Crippen molar-refractivity contribution >= 4 is 17.3 Å². The van der Waals surface area contributed by atoms with E-state index in [2.05, 4.69) is 5.32 Å². The van der Waals surface area contributed by atoms with Crippen LogP contribution in [0.2, 0.25) is 0 Å². The fourth-order valence-corrected chi connectivity index (χ4v) is 3.15. The van der Waals surface area contributed by atoms with Crippen LogP contribution in [-0.2, 0) is 0 Å². The summed E-state index contributed by atoms with van der Waals surface area (Å²) < 4.78 is 0. The summed E-state index contributed by atoms with van der Waals surface area (Å²) in [5.74, 6) is 0.112. The number of para-hydroxylation sites is 1. The molecular weight excluding hydrogens is 312 g/mol. The van der Waals surface area contributed by atoms with E-state index in [0.29, 0.717) is 5.56 Å². The summed E-state index contributed by atoms with van der Waals surface area (Å²) in [6.45, 7) is 2.02. The van der Waals surface area contributed by atoms with Gasteiger partial charge in [-0.3, -0.25) is 9.69 Å². The third-order valence-electron chi connectivity index (χ3n) is 4.42. The predicted molar refractivity (Wildman–Crippen MR) is 98.9 cm³/mol. The maximum absolute atomic E-state index is 13.2. The number of amides is 1. The third kappa shape index (κ3) is 2.72. The van der Waals surface area contributed by atoms with Crippen LogP contribution in [0.3, 0.4) is 0 Å². The second kappa shape index (κ2) is 5.98. The van der Waals surface area contributed by atoms with Gasteiger partial charge in [-0.25, -0.2) is 0 Å². The molecule has 3 aromatic carbocycles. The monoisotopic (exact) mass is 330 g/mol. The lowest BCUT2D eigenvalue weighted by Crippen LogP contribution is -2.43. The number of benzene rings is 3. The minimum atomic E-state index is -0.391. The van der Waals surface area contributed by atoms with Gasteiger partial charge in [0.2, 0.25) is 0 Å². The number of fused-ring (bicyclic) bond motifs is 1. The van der Waals surface area contributed by atoms with E-state index in [1.54, 1.807) is 23.1 Å². The summed E-state index contributed by atoms with van der Waals surface area (Å²) in [7, 11) is 0. The number of aromatic hydroxyl groups is 1. The number of aryl methyl sites for hydroxylation is 1. The first kappa shape index (κ1) is 15.3. The number of hydrogen-bond donors (Lipinski definition) is 2. The highest BCUT2D eigenvalue weighted by atomic mass is 16.3. The lowest BCUT2D eigenvalue weighted by molar-refractivity contribution is 0.0975. The van der Waals surface area contributed by atoms with Gasteiger partial charge >= 0.3 is 0 Å². The van der Waals surface area contributed by atoms with Gasteiger partial charge < -0.3 is 10.4 Å². The number of anilines is 2. The van der Waals surface area contributed by atoms with Crippen molar-refractivity contribution < 1.29 is 9.90 Å². The van der Waals surface area contributed by atoms with E-state index in [1.165, 1.54) is 0 Å². The molecule has 1 heterocycles. The largest absolute Gasteiger partial charge is 0.508 e. The average Bonchev–Trinajstić information content (AvgIpc) is 2.63. The zero-order valence-electron chi connectivity index (χ0n) is 13.8. The van der Waals surface area contributed by atoms with Gasteiger partial charge in [0.25, 0.3) is 5.91 Å². The van der Waals surface area contributed by atoms with Gasteiger partial charge in [0.1, 0.15) is 11.9 Å². The van der Waals surface area contributed by atoms with Crippen molar-refractivity contribution in [3.8, 4) is 5.75 Å². The number of phenolic OH excluding ortho intramolecular Hbond substituents is 1. The standard InChI is InChI=1S/C21H18N2O2/c1-14-9-11-16(12-10-14)23-20(15-5-4-6-17(24)13-15)22-19-8-3-2-7-18(19)21(23)25/h2-13,20,22,24H,1H3. The van der Waals surface area contributed by atoms with Crippen LogP contribution in [0.25, 0.3) is 0 Å². The van der Waals surface area contributed by atoms with Crippen LogP contribution in [0.1, 0.15) is 27.7 Å². The molecule has 0 aliphatic carbocycles. The second-order valence-electron chi connectivity index (χ2n) is 6.20. The molecule has 1 atom stereocenters. The van der Waals surface area contributed by atoms with Crippen molar-refractivity contribution in [1.82, 2.24) is 0 Å². The van der Waals surface area contributed by atoms with E-state index in [-0.39, 0.29) is 11.7 Å². The number of nitrogens with one attached hydrogen (secondary N) is 1. The van der Waals surface area contributed by atoms with Crippen molar-refractivity contribution in [2.75, 3.05) is 10.2 Å². The maximum Gasteiger partial charge on any atom is 0.262 e. The van der Waals surface area contributed by atoms with Crippen LogP contribution < -0.4 is 10.2 Å². The minimum absolute atomic E-state index is 0.0634. The van der Waals surface area contributed by atoms with Crippen molar-refractivity contribution in [2.45, 2.75) is 13.1 Å². The molecular formula is C21H18N2O2. The van der Waals surface area contributed by atoms with E-state index in [0.717, 1.165) is 22.5 Å². The summed E-state index contributed by atoms with van der Waals surface area (Å²) >= 11 is 0. The number of hydrogen-bond acceptors (Lipinski definition) is 3. The summed E-state index contributed by atoms with van der Waals surface area (Å²) in [6.07, 6.45) is -0.391. The van der Waals surface area contributed by atoms with Crippen LogP contribution >= 0.6 is 0 Å². The van der Waals surface area contributed by atoms with Gasteiger partial charge in [-0.05, 0) is 48.9 Å². The van der Waals surface area contributed by atoms with Gasteiger partial charge in [-0.2, -0.15) is 0 Å². The van der Waals surface area contributed by atoms with Crippen LogP contribution in [0, 0.1) is 6.92 Å². The lowest BCUT2D eigenvalue weighted by atomic mass is 10.0. The Labute approximate surface area is 146 Å². The van der Waals surface area contributed by atoms with Gasteiger partial charge in [0.15, 0.2) is 0 Å². The zero-order valence-corrected chi connectivity index (χ0v) is 13.8. The van der Waals surface area contributed by atoms with E-state index in [9.17, 15) is 9.90 Å².